The largest absolute Gasteiger partial charge is 0.382 e. The average molecular weight is 274 g/mol. The minimum Gasteiger partial charge on any atom is -0.382 e. The van der Waals surface area contributed by atoms with E-state index in [0.29, 0.717) is 36.7 Å². The zero-order valence-corrected chi connectivity index (χ0v) is 11.0. The third-order valence-corrected chi connectivity index (χ3v) is 3.55. The molecule has 0 radical (unpaired) electrons. The zero-order valence-electron chi connectivity index (χ0n) is 11.0. The first-order valence-corrected chi connectivity index (χ1v) is 6.28. The molecule has 0 saturated heterocycles. The lowest BCUT2D eigenvalue weighted by atomic mass is 10.1. The van der Waals surface area contributed by atoms with Crippen molar-refractivity contribution < 1.29 is 9.66 Å². The second-order valence-corrected chi connectivity index (χ2v) is 4.70. The average Bonchev–Trinajstić information content (AvgIpc) is 2.77. The molecule has 7 nitrogen and oxygen atoms in total. The molecule has 0 spiro atoms. The van der Waals surface area contributed by atoms with Crippen molar-refractivity contribution in [2.24, 2.45) is 0 Å². The fraction of sp³-hybridized carbons (Fsp3) is 0.308. The maximum absolute atomic E-state index is 11.0. The Bertz CT molecular complexity index is 693. The van der Waals surface area contributed by atoms with Crippen molar-refractivity contribution in [3.05, 3.63) is 45.1 Å². The van der Waals surface area contributed by atoms with Gasteiger partial charge in [0, 0.05) is 18.1 Å². The summed E-state index contributed by atoms with van der Waals surface area (Å²) in [4.78, 5) is 10.6. The Labute approximate surface area is 115 Å². The highest BCUT2D eigenvalue weighted by Gasteiger charge is 2.23. The summed E-state index contributed by atoms with van der Waals surface area (Å²) >= 11 is 0. The second-order valence-electron chi connectivity index (χ2n) is 4.70. The number of nitro benzene ring substituents is 1. The summed E-state index contributed by atoms with van der Waals surface area (Å²) in [7, 11) is 0. The van der Waals surface area contributed by atoms with E-state index < -0.39 is 0 Å². The smallest absolute Gasteiger partial charge is 0.274 e. The molecule has 1 aromatic heterocycles. The van der Waals surface area contributed by atoms with E-state index in [2.05, 4.69) is 5.10 Å². The van der Waals surface area contributed by atoms with E-state index >= 15 is 0 Å². The number of benzene rings is 1. The zero-order chi connectivity index (χ0) is 14.3. The van der Waals surface area contributed by atoms with Crippen LogP contribution in [0.5, 0.6) is 0 Å². The first-order chi connectivity index (χ1) is 9.59. The van der Waals surface area contributed by atoms with Gasteiger partial charge in [0.05, 0.1) is 35.1 Å². The number of nitro groups is 1. The molecule has 1 aliphatic rings. The van der Waals surface area contributed by atoms with E-state index in [1.807, 2.05) is 6.07 Å². The van der Waals surface area contributed by atoms with Crippen molar-refractivity contribution in [1.82, 2.24) is 9.78 Å². The van der Waals surface area contributed by atoms with Crippen LogP contribution in [0.2, 0.25) is 0 Å². The molecule has 1 aliphatic heterocycles. The van der Waals surface area contributed by atoms with Crippen molar-refractivity contribution in [1.29, 1.82) is 0 Å². The summed E-state index contributed by atoms with van der Waals surface area (Å²) in [6.45, 7) is 2.76. The van der Waals surface area contributed by atoms with Gasteiger partial charge in [0.15, 0.2) is 5.82 Å². The summed E-state index contributed by atoms with van der Waals surface area (Å²) in [5.41, 5.74) is 9.10. The summed E-state index contributed by atoms with van der Waals surface area (Å²) < 4.78 is 7.08. The molecule has 0 bridgehead atoms. The fourth-order valence-corrected chi connectivity index (χ4v) is 2.50. The third kappa shape index (κ3) is 1.83. The lowest BCUT2D eigenvalue weighted by Crippen LogP contribution is -2.14. The molecule has 2 N–H and O–H groups in total. The number of hydrogen-bond acceptors (Lipinski definition) is 5. The number of anilines is 1. The van der Waals surface area contributed by atoms with Gasteiger partial charge in [-0.25, -0.2) is 4.68 Å². The Morgan fingerprint density at radius 2 is 2.30 bits per heavy atom. The molecule has 7 heteroatoms. The molecule has 2 aromatic rings. The number of hydrogen-bond donors (Lipinski definition) is 1. The number of aromatic nitrogens is 2. The van der Waals surface area contributed by atoms with E-state index in [0.717, 1.165) is 11.3 Å². The molecular weight excluding hydrogens is 260 g/mol. The molecule has 104 valence electrons. The van der Waals surface area contributed by atoms with Gasteiger partial charge in [-0.05, 0) is 13.0 Å². The van der Waals surface area contributed by atoms with Crippen molar-refractivity contribution in [3.63, 3.8) is 0 Å². The van der Waals surface area contributed by atoms with E-state index in [1.54, 1.807) is 17.7 Å². The van der Waals surface area contributed by atoms with Crippen molar-refractivity contribution >= 4 is 11.5 Å². The van der Waals surface area contributed by atoms with Crippen molar-refractivity contribution in [3.8, 4) is 5.69 Å². The van der Waals surface area contributed by atoms with Gasteiger partial charge in [0.1, 0.15) is 0 Å². The van der Waals surface area contributed by atoms with Gasteiger partial charge in [-0.2, -0.15) is 5.10 Å². The number of rotatable bonds is 2. The molecule has 0 unspecified atom stereocenters. The summed E-state index contributed by atoms with van der Waals surface area (Å²) in [5.74, 6) is 0.422. The molecule has 0 saturated carbocycles. The summed E-state index contributed by atoms with van der Waals surface area (Å²) in [6, 6.07) is 4.95. The fourth-order valence-electron chi connectivity index (χ4n) is 2.50. The Balaban J connectivity index is 2.19. The highest BCUT2D eigenvalue weighted by molar-refractivity contribution is 5.55. The monoisotopic (exact) mass is 274 g/mol. The summed E-state index contributed by atoms with van der Waals surface area (Å²) in [6.07, 6.45) is 0.696. The van der Waals surface area contributed by atoms with E-state index in [1.165, 1.54) is 6.07 Å². The molecule has 0 atom stereocenters. The Morgan fingerprint density at radius 1 is 1.50 bits per heavy atom. The van der Waals surface area contributed by atoms with Gasteiger partial charge in [-0.15, -0.1) is 0 Å². The number of ether oxygens (including phenoxy) is 1. The van der Waals surface area contributed by atoms with Crippen LogP contribution in [-0.2, 0) is 17.8 Å². The molecule has 3 rings (SSSR count). The lowest BCUT2D eigenvalue weighted by molar-refractivity contribution is -0.385. The predicted octanol–water partition coefficient (Wildman–Crippen LogP) is 1.74. The molecule has 0 fully saturated rings. The SMILES string of the molecule is Cc1c(-n2nc(N)c3c2CCOC3)cccc1[N+](=O)[O-]. The van der Waals surface area contributed by atoms with Gasteiger partial charge in [0.25, 0.3) is 5.69 Å². The standard InChI is InChI=1S/C13H14N4O3/c1-8-10(3-2-4-11(8)17(18)19)16-12-5-6-20-7-9(12)13(14)15-16/h2-4H,5-7H2,1H3,(H2,14,15). The lowest BCUT2D eigenvalue weighted by Gasteiger charge is -2.15. The predicted molar refractivity (Wildman–Crippen MR) is 72.7 cm³/mol. The van der Waals surface area contributed by atoms with Gasteiger partial charge in [-0.3, -0.25) is 10.1 Å². The second kappa shape index (κ2) is 4.61. The number of nitrogens with two attached hydrogens (primary N) is 1. The Morgan fingerprint density at radius 3 is 3.05 bits per heavy atom. The van der Waals surface area contributed by atoms with Crippen LogP contribution in [0.25, 0.3) is 5.69 Å². The maximum Gasteiger partial charge on any atom is 0.274 e. The minimum absolute atomic E-state index is 0.0809. The first-order valence-electron chi connectivity index (χ1n) is 6.28. The molecule has 20 heavy (non-hydrogen) atoms. The highest BCUT2D eigenvalue weighted by atomic mass is 16.6. The molecule has 2 heterocycles. The van der Waals surface area contributed by atoms with Gasteiger partial charge in [0.2, 0.25) is 0 Å². The van der Waals surface area contributed by atoms with E-state index in [4.69, 9.17) is 10.5 Å². The van der Waals surface area contributed by atoms with Gasteiger partial charge >= 0.3 is 0 Å². The topological polar surface area (TPSA) is 96.2 Å². The Hall–Kier alpha value is -2.41. The molecule has 1 aromatic carbocycles. The van der Waals surface area contributed by atoms with Crippen LogP contribution in [0, 0.1) is 17.0 Å². The van der Waals surface area contributed by atoms with Crippen LogP contribution in [0.1, 0.15) is 16.8 Å². The van der Waals surface area contributed by atoms with Crippen LogP contribution in [-0.4, -0.2) is 21.3 Å². The number of nitrogen functional groups attached to an aromatic ring is 1. The Kier molecular flexibility index (Phi) is 2.90. The number of fused-ring (bicyclic) bond motifs is 1. The van der Waals surface area contributed by atoms with E-state index in [9.17, 15) is 10.1 Å². The summed E-state index contributed by atoms with van der Waals surface area (Å²) in [5, 5.41) is 15.3. The quantitative estimate of drug-likeness (QED) is 0.664. The van der Waals surface area contributed by atoms with Crippen LogP contribution in [0.4, 0.5) is 11.5 Å². The maximum atomic E-state index is 11.0. The van der Waals surface area contributed by atoms with Gasteiger partial charge < -0.3 is 10.5 Å². The van der Waals surface area contributed by atoms with Crippen molar-refractivity contribution in [2.45, 2.75) is 20.0 Å². The molecule has 0 amide bonds. The molecule has 0 aliphatic carbocycles. The van der Waals surface area contributed by atoms with Gasteiger partial charge in [-0.1, -0.05) is 6.07 Å². The normalized spacial score (nSPS) is 14.1. The number of nitrogens with zero attached hydrogens (tertiary/aromatic N) is 3. The van der Waals surface area contributed by atoms with Crippen LogP contribution >= 0.6 is 0 Å². The van der Waals surface area contributed by atoms with Crippen LogP contribution in [0.3, 0.4) is 0 Å². The van der Waals surface area contributed by atoms with Crippen LogP contribution in [0.15, 0.2) is 18.2 Å². The third-order valence-electron chi connectivity index (χ3n) is 3.55. The minimum atomic E-state index is -0.388. The van der Waals surface area contributed by atoms with Crippen LogP contribution < -0.4 is 5.73 Å². The van der Waals surface area contributed by atoms with E-state index in [-0.39, 0.29) is 10.6 Å². The van der Waals surface area contributed by atoms with Crippen molar-refractivity contribution in [2.75, 3.05) is 12.3 Å². The first kappa shape index (κ1) is 12.6. The molecular formula is C13H14N4O3. The highest BCUT2D eigenvalue weighted by Crippen LogP contribution is 2.29.